The van der Waals surface area contributed by atoms with Crippen LogP contribution in [0.5, 0.6) is 0 Å². The van der Waals surface area contributed by atoms with E-state index in [1.807, 2.05) is 0 Å². The monoisotopic (exact) mass is 356 g/mol. The number of alkyl halides is 3. The minimum absolute atomic E-state index is 0.0743. The number of halogens is 3. The molecule has 0 aliphatic carbocycles. The first-order valence-electron chi connectivity index (χ1n) is 7.94. The molecule has 1 unspecified atom stereocenters. The molecular formula is C15H19F3N6O. The molecule has 0 saturated heterocycles. The third-order valence-corrected chi connectivity index (χ3v) is 4.28. The maximum atomic E-state index is 12.7. The summed E-state index contributed by atoms with van der Waals surface area (Å²) in [6.07, 6.45) is -0.571. The smallest absolute Gasteiger partial charge is 0.338 e. The molecule has 1 aliphatic rings. The highest BCUT2D eigenvalue weighted by molar-refractivity contribution is 5.73. The van der Waals surface area contributed by atoms with Gasteiger partial charge in [0.15, 0.2) is 5.69 Å². The van der Waals surface area contributed by atoms with Gasteiger partial charge in [0.1, 0.15) is 5.82 Å². The Labute approximate surface area is 142 Å². The summed E-state index contributed by atoms with van der Waals surface area (Å²) < 4.78 is 41.3. The van der Waals surface area contributed by atoms with Gasteiger partial charge in [-0.3, -0.25) is 4.68 Å². The fraction of sp³-hybridized carbons (Fsp3) is 0.533. The lowest BCUT2D eigenvalue weighted by atomic mass is 9.99. The van der Waals surface area contributed by atoms with Crippen LogP contribution in [0.1, 0.15) is 23.6 Å². The largest absolute Gasteiger partial charge is 0.434 e. The average molecular weight is 356 g/mol. The van der Waals surface area contributed by atoms with E-state index in [9.17, 15) is 18.0 Å². The number of aromatic nitrogens is 4. The number of hydrogen-bond acceptors (Lipinski definition) is 3. The maximum absolute atomic E-state index is 12.7. The van der Waals surface area contributed by atoms with Gasteiger partial charge in [0, 0.05) is 39.0 Å². The van der Waals surface area contributed by atoms with Crippen molar-refractivity contribution in [2.45, 2.75) is 32.1 Å². The number of imidazole rings is 1. The molecule has 2 aromatic heterocycles. The van der Waals surface area contributed by atoms with E-state index in [0.717, 1.165) is 11.9 Å². The van der Waals surface area contributed by atoms with Gasteiger partial charge < -0.3 is 15.2 Å². The summed E-state index contributed by atoms with van der Waals surface area (Å²) in [4.78, 5) is 15.5. The van der Waals surface area contributed by atoms with Crippen LogP contribution in [0.2, 0.25) is 0 Å². The zero-order valence-corrected chi connectivity index (χ0v) is 13.7. The molecule has 3 rings (SSSR count). The number of nitrogens with one attached hydrogen (secondary N) is 2. The summed E-state index contributed by atoms with van der Waals surface area (Å²) in [7, 11) is 1.79. The van der Waals surface area contributed by atoms with Gasteiger partial charge in [0.2, 0.25) is 0 Å². The van der Waals surface area contributed by atoms with E-state index >= 15 is 0 Å². The lowest BCUT2D eigenvalue weighted by molar-refractivity contribution is -0.141. The van der Waals surface area contributed by atoms with E-state index < -0.39 is 11.9 Å². The Hall–Kier alpha value is -2.52. The van der Waals surface area contributed by atoms with Crippen molar-refractivity contribution in [3.63, 3.8) is 0 Å². The molecule has 136 valence electrons. The van der Waals surface area contributed by atoms with Crippen molar-refractivity contribution in [3.05, 3.63) is 35.7 Å². The molecule has 1 atom stereocenters. The molecular weight excluding hydrogens is 337 g/mol. The normalized spacial score (nSPS) is 17.2. The van der Waals surface area contributed by atoms with Crippen molar-refractivity contribution in [1.82, 2.24) is 30.0 Å². The first-order valence-corrected chi connectivity index (χ1v) is 7.94. The van der Waals surface area contributed by atoms with Gasteiger partial charge in [-0.05, 0) is 18.4 Å². The minimum atomic E-state index is -4.43. The number of fused-ring (bicyclic) bond motifs is 1. The number of aryl methyl sites for hydroxylation is 2. The fourth-order valence-electron chi connectivity index (χ4n) is 2.86. The van der Waals surface area contributed by atoms with Crippen molar-refractivity contribution in [2.75, 3.05) is 6.54 Å². The highest BCUT2D eigenvalue weighted by atomic mass is 19.4. The molecule has 2 N–H and O–H groups in total. The van der Waals surface area contributed by atoms with Crippen LogP contribution in [0.15, 0.2) is 18.5 Å². The standard InChI is InChI=1S/C15H19F3N6O/c1-23-11(4-5-21-23)7-20-14(25)19-6-10-2-3-13-22-12(15(16,17)18)9-24(13)8-10/h4-5,9-10H,2-3,6-8H2,1H3,(H2,19,20,25). The predicted octanol–water partition coefficient (Wildman–Crippen LogP) is 1.70. The highest BCUT2D eigenvalue weighted by Gasteiger charge is 2.35. The van der Waals surface area contributed by atoms with E-state index in [4.69, 9.17) is 0 Å². The summed E-state index contributed by atoms with van der Waals surface area (Å²) in [5, 5.41) is 9.51. The molecule has 7 nitrogen and oxygen atoms in total. The number of urea groups is 1. The first kappa shape index (κ1) is 17.3. The third kappa shape index (κ3) is 4.12. The van der Waals surface area contributed by atoms with Gasteiger partial charge in [-0.15, -0.1) is 0 Å². The van der Waals surface area contributed by atoms with E-state index in [-0.39, 0.29) is 11.9 Å². The molecule has 0 aromatic carbocycles. The summed E-state index contributed by atoms with van der Waals surface area (Å²) >= 11 is 0. The molecule has 2 amide bonds. The molecule has 25 heavy (non-hydrogen) atoms. The van der Waals surface area contributed by atoms with Crippen molar-refractivity contribution in [1.29, 1.82) is 0 Å². The Kier molecular flexibility index (Phi) is 4.69. The quantitative estimate of drug-likeness (QED) is 0.875. The molecule has 0 radical (unpaired) electrons. The highest BCUT2D eigenvalue weighted by Crippen LogP contribution is 2.30. The van der Waals surface area contributed by atoms with E-state index in [1.54, 1.807) is 24.0 Å². The second kappa shape index (κ2) is 6.77. The van der Waals surface area contributed by atoms with Crippen LogP contribution in [-0.4, -0.2) is 31.9 Å². The van der Waals surface area contributed by atoms with Gasteiger partial charge in [-0.25, -0.2) is 9.78 Å². The maximum Gasteiger partial charge on any atom is 0.434 e. The lowest BCUT2D eigenvalue weighted by Gasteiger charge is -2.23. The van der Waals surface area contributed by atoms with Gasteiger partial charge in [-0.2, -0.15) is 18.3 Å². The third-order valence-electron chi connectivity index (χ3n) is 4.28. The molecule has 0 fully saturated rings. The van der Waals surface area contributed by atoms with Crippen molar-refractivity contribution in [3.8, 4) is 0 Å². The van der Waals surface area contributed by atoms with Crippen LogP contribution in [0, 0.1) is 5.92 Å². The number of carbonyl (C=O) groups is 1. The number of hydrogen-bond donors (Lipinski definition) is 2. The first-order chi connectivity index (χ1) is 11.8. The number of amides is 2. The van der Waals surface area contributed by atoms with Gasteiger partial charge in [-0.1, -0.05) is 0 Å². The topological polar surface area (TPSA) is 76.8 Å². The van der Waals surface area contributed by atoms with Gasteiger partial charge >= 0.3 is 12.2 Å². The molecule has 10 heteroatoms. The van der Waals surface area contributed by atoms with E-state index in [0.29, 0.717) is 38.3 Å². The zero-order chi connectivity index (χ0) is 18.0. The van der Waals surface area contributed by atoms with Crippen LogP contribution >= 0.6 is 0 Å². The van der Waals surface area contributed by atoms with Crippen molar-refractivity contribution >= 4 is 6.03 Å². The Bertz CT molecular complexity index is 751. The summed E-state index contributed by atoms with van der Waals surface area (Å²) in [5.41, 5.74) is 0.0144. The predicted molar refractivity (Wildman–Crippen MR) is 82.5 cm³/mol. The summed E-state index contributed by atoms with van der Waals surface area (Å²) in [6.45, 7) is 1.17. The van der Waals surface area contributed by atoms with Crippen LogP contribution < -0.4 is 10.6 Å². The Balaban J connectivity index is 1.47. The Morgan fingerprint density at radius 3 is 2.88 bits per heavy atom. The van der Waals surface area contributed by atoms with E-state index in [1.165, 1.54) is 4.57 Å². The van der Waals surface area contributed by atoms with Gasteiger partial charge in [0.05, 0.1) is 12.2 Å². The SMILES string of the molecule is Cn1nccc1CNC(=O)NCC1CCc2nc(C(F)(F)F)cn2C1. The van der Waals surface area contributed by atoms with Crippen LogP contribution in [0.4, 0.5) is 18.0 Å². The number of carbonyl (C=O) groups excluding carboxylic acids is 1. The van der Waals surface area contributed by atoms with Crippen molar-refractivity contribution in [2.24, 2.45) is 13.0 Å². The summed E-state index contributed by atoms with van der Waals surface area (Å²) in [5.74, 6) is 0.523. The molecule has 0 saturated carbocycles. The van der Waals surface area contributed by atoms with Crippen LogP contribution in [-0.2, 0) is 32.7 Å². The number of nitrogens with zero attached hydrogens (tertiary/aromatic N) is 4. The van der Waals surface area contributed by atoms with Crippen LogP contribution in [0.3, 0.4) is 0 Å². The minimum Gasteiger partial charge on any atom is -0.338 e. The van der Waals surface area contributed by atoms with Crippen molar-refractivity contribution < 1.29 is 18.0 Å². The Morgan fingerprint density at radius 1 is 1.40 bits per heavy atom. The number of rotatable bonds is 4. The fourth-order valence-corrected chi connectivity index (χ4v) is 2.86. The molecule has 2 aromatic rings. The zero-order valence-electron chi connectivity index (χ0n) is 13.7. The molecule has 0 spiro atoms. The summed E-state index contributed by atoms with van der Waals surface area (Å²) in [6, 6.07) is 1.49. The Morgan fingerprint density at radius 2 is 2.20 bits per heavy atom. The van der Waals surface area contributed by atoms with Crippen LogP contribution in [0.25, 0.3) is 0 Å². The molecule has 3 heterocycles. The molecule has 1 aliphatic heterocycles. The second-order valence-corrected chi connectivity index (χ2v) is 6.11. The average Bonchev–Trinajstić information content (AvgIpc) is 3.16. The lowest BCUT2D eigenvalue weighted by Crippen LogP contribution is -2.39. The van der Waals surface area contributed by atoms with E-state index in [2.05, 4.69) is 20.7 Å². The molecule has 0 bridgehead atoms. The second-order valence-electron chi connectivity index (χ2n) is 6.11. The van der Waals surface area contributed by atoms with Gasteiger partial charge in [0.25, 0.3) is 0 Å².